The predicted molar refractivity (Wildman–Crippen MR) is 75.5 cm³/mol. The average molecular weight is 306 g/mol. The van der Waals surface area contributed by atoms with Crippen molar-refractivity contribution in [3.8, 4) is 0 Å². The molecule has 0 aliphatic heterocycles. The Labute approximate surface area is 113 Å². The molecule has 0 saturated heterocycles. The molecule has 0 fully saturated rings. The van der Waals surface area contributed by atoms with Gasteiger partial charge in [0.25, 0.3) is 5.91 Å². The predicted octanol–water partition coefficient (Wildman–Crippen LogP) is 2.99. The zero-order chi connectivity index (χ0) is 13.1. The Kier molecular flexibility index (Phi) is 3.62. The number of nitrogens with two attached hydrogens (primary N) is 1. The second-order valence-electron chi connectivity index (χ2n) is 3.85. The van der Waals surface area contributed by atoms with E-state index in [4.69, 9.17) is 5.73 Å². The van der Waals surface area contributed by atoms with Gasteiger partial charge in [0.05, 0.1) is 11.4 Å². The number of nitrogens with zero attached hydrogens (tertiary/aromatic N) is 1. The van der Waals surface area contributed by atoms with Gasteiger partial charge in [0, 0.05) is 11.3 Å². The minimum absolute atomic E-state index is 0.200. The van der Waals surface area contributed by atoms with Gasteiger partial charge in [0.1, 0.15) is 4.60 Å². The molecule has 0 aliphatic rings. The van der Waals surface area contributed by atoms with E-state index in [1.54, 1.807) is 36.4 Å². The van der Waals surface area contributed by atoms with Gasteiger partial charge in [-0.25, -0.2) is 4.98 Å². The molecule has 1 aromatic carbocycles. The van der Waals surface area contributed by atoms with Crippen LogP contribution in [0.1, 0.15) is 16.1 Å². The molecule has 3 N–H and O–H groups in total. The maximum Gasteiger partial charge on any atom is 0.255 e. The van der Waals surface area contributed by atoms with E-state index < -0.39 is 0 Å². The summed E-state index contributed by atoms with van der Waals surface area (Å²) >= 11 is 3.28. The SMILES string of the molecule is Cc1nc(Br)ccc1NC(=O)c1cccc(N)c1. The molecule has 0 bridgehead atoms. The summed E-state index contributed by atoms with van der Waals surface area (Å²) in [5.41, 5.74) is 8.17. The number of nitrogen functional groups attached to an aromatic ring is 1. The van der Waals surface area contributed by atoms with Crippen LogP contribution in [0.4, 0.5) is 11.4 Å². The minimum atomic E-state index is -0.200. The number of hydrogen-bond acceptors (Lipinski definition) is 3. The Hall–Kier alpha value is -1.88. The van der Waals surface area contributed by atoms with Crippen molar-refractivity contribution in [1.82, 2.24) is 4.98 Å². The Morgan fingerprint density at radius 3 is 2.78 bits per heavy atom. The van der Waals surface area contributed by atoms with Crippen molar-refractivity contribution in [2.75, 3.05) is 11.1 Å². The lowest BCUT2D eigenvalue weighted by Gasteiger charge is -2.08. The summed E-state index contributed by atoms with van der Waals surface area (Å²) < 4.78 is 0.738. The Bertz CT molecular complexity index is 599. The summed E-state index contributed by atoms with van der Waals surface area (Å²) in [4.78, 5) is 16.2. The van der Waals surface area contributed by atoms with Gasteiger partial charge in [0.2, 0.25) is 0 Å². The second kappa shape index (κ2) is 5.18. The number of pyridine rings is 1. The van der Waals surface area contributed by atoms with E-state index in [9.17, 15) is 4.79 Å². The van der Waals surface area contributed by atoms with E-state index in [1.807, 2.05) is 6.92 Å². The largest absolute Gasteiger partial charge is 0.399 e. The van der Waals surface area contributed by atoms with Crippen LogP contribution in [-0.2, 0) is 0 Å². The van der Waals surface area contributed by atoms with Crippen LogP contribution in [0.5, 0.6) is 0 Å². The Morgan fingerprint density at radius 1 is 1.33 bits per heavy atom. The van der Waals surface area contributed by atoms with Crippen molar-refractivity contribution >= 4 is 33.2 Å². The van der Waals surface area contributed by atoms with Crippen LogP contribution in [-0.4, -0.2) is 10.9 Å². The third kappa shape index (κ3) is 2.87. The first-order valence-corrected chi connectivity index (χ1v) is 6.15. The first-order valence-electron chi connectivity index (χ1n) is 5.36. The fourth-order valence-corrected chi connectivity index (χ4v) is 1.94. The van der Waals surface area contributed by atoms with Crippen molar-refractivity contribution in [3.05, 3.63) is 52.3 Å². The molecule has 0 atom stereocenters. The van der Waals surface area contributed by atoms with Gasteiger partial charge in [0.15, 0.2) is 0 Å². The monoisotopic (exact) mass is 305 g/mol. The molecule has 0 radical (unpaired) electrons. The van der Waals surface area contributed by atoms with Crippen molar-refractivity contribution in [3.63, 3.8) is 0 Å². The van der Waals surface area contributed by atoms with Crippen molar-refractivity contribution < 1.29 is 4.79 Å². The van der Waals surface area contributed by atoms with Gasteiger partial charge in [-0.1, -0.05) is 6.07 Å². The molecule has 0 aliphatic carbocycles. The highest BCUT2D eigenvalue weighted by atomic mass is 79.9. The average Bonchev–Trinajstić information content (AvgIpc) is 2.32. The lowest BCUT2D eigenvalue weighted by atomic mass is 10.2. The number of nitrogens with one attached hydrogen (secondary N) is 1. The van der Waals surface area contributed by atoms with Gasteiger partial charge in [-0.3, -0.25) is 4.79 Å². The van der Waals surface area contributed by atoms with E-state index in [2.05, 4.69) is 26.2 Å². The maximum atomic E-state index is 12.0. The highest BCUT2D eigenvalue weighted by molar-refractivity contribution is 9.10. The molecule has 92 valence electrons. The van der Waals surface area contributed by atoms with Gasteiger partial charge in [-0.2, -0.15) is 0 Å². The zero-order valence-corrected chi connectivity index (χ0v) is 11.4. The number of hydrogen-bond donors (Lipinski definition) is 2. The molecule has 4 nitrogen and oxygen atoms in total. The quantitative estimate of drug-likeness (QED) is 0.662. The van der Waals surface area contributed by atoms with Crippen LogP contribution in [0.3, 0.4) is 0 Å². The van der Waals surface area contributed by atoms with Gasteiger partial charge >= 0.3 is 0 Å². The summed E-state index contributed by atoms with van der Waals surface area (Å²) in [5.74, 6) is -0.200. The number of carbonyl (C=O) groups is 1. The minimum Gasteiger partial charge on any atom is -0.399 e. The lowest BCUT2D eigenvalue weighted by Crippen LogP contribution is -2.13. The first kappa shape index (κ1) is 12.6. The number of carbonyl (C=O) groups excluding carboxylic acids is 1. The van der Waals surface area contributed by atoms with E-state index in [0.29, 0.717) is 16.9 Å². The van der Waals surface area contributed by atoms with E-state index in [-0.39, 0.29) is 5.91 Å². The number of benzene rings is 1. The molecule has 1 heterocycles. The normalized spacial score (nSPS) is 10.1. The summed E-state index contributed by atoms with van der Waals surface area (Å²) in [6, 6.07) is 10.4. The summed E-state index contributed by atoms with van der Waals surface area (Å²) in [7, 11) is 0. The molecule has 0 unspecified atom stereocenters. The summed E-state index contributed by atoms with van der Waals surface area (Å²) in [6.07, 6.45) is 0. The van der Waals surface area contributed by atoms with Crippen LogP contribution in [0.25, 0.3) is 0 Å². The third-order valence-electron chi connectivity index (χ3n) is 2.45. The fraction of sp³-hybridized carbons (Fsp3) is 0.0769. The summed E-state index contributed by atoms with van der Waals surface area (Å²) in [5, 5.41) is 2.80. The number of rotatable bonds is 2. The van der Waals surface area contributed by atoms with Crippen molar-refractivity contribution in [2.24, 2.45) is 0 Å². The van der Waals surface area contributed by atoms with Crippen LogP contribution in [0.15, 0.2) is 41.0 Å². The van der Waals surface area contributed by atoms with Crippen LogP contribution in [0, 0.1) is 6.92 Å². The smallest absolute Gasteiger partial charge is 0.255 e. The van der Waals surface area contributed by atoms with E-state index in [0.717, 1.165) is 10.3 Å². The van der Waals surface area contributed by atoms with E-state index >= 15 is 0 Å². The molecule has 0 saturated carbocycles. The number of halogens is 1. The molecule has 18 heavy (non-hydrogen) atoms. The highest BCUT2D eigenvalue weighted by Gasteiger charge is 2.08. The standard InChI is InChI=1S/C13H12BrN3O/c1-8-11(5-6-12(14)16-8)17-13(18)9-3-2-4-10(15)7-9/h2-7H,15H2,1H3,(H,17,18). The number of aryl methyl sites for hydroxylation is 1. The van der Waals surface area contributed by atoms with Crippen LogP contribution < -0.4 is 11.1 Å². The van der Waals surface area contributed by atoms with Gasteiger partial charge in [-0.05, 0) is 53.2 Å². The van der Waals surface area contributed by atoms with Gasteiger partial charge < -0.3 is 11.1 Å². The Balaban J connectivity index is 2.21. The van der Waals surface area contributed by atoms with Crippen LogP contribution >= 0.6 is 15.9 Å². The molecule has 1 aromatic heterocycles. The zero-order valence-electron chi connectivity index (χ0n) is 9.77. The van der Waals surface area contributed by atoms with E-state index in [1.165, 1.54) is 0 Å². The summed E-state index contributed by atoms with van der Waals surface area (Å²) in [6.45, 7) is 1.83. The van der Waals surface area contributed by atoms with Crippen molar-refractivity contribution in [1.29, 1.82) is 0 Å². The molecule has 1 amide bonds. The molecule has 2 aromatic rings. The topological polar surface area (TPSA) is 68.0 Å². The maximum absolute atomic E-state index is 12.0. The fourth-order valence-electron chi connectivity index (χ4n) is 1.54. The molecular formula is C13H12BrN3O. The number of anilines is 2. The number of aromatic nitrogens is 1. The highest BCUT2D eigenvalue weighted by Crippen LogP contribution is 2.17. The molecule has 2 rings (SSSR count). The number of amides is 1. The van der Waals surface area contributed by atoms with Gasteiger partial charge in [-0.15, -0.1) is 0 Å². The third-order valence-corrected chi connectivity index (χ3v) is 2.89. The molecule has 5 heteroatoms. The Morgan fingerprint density at radius 2 is 2.11 bits per heavy atom. The second-order valence-corrected chi connectivity index (χ2v) is 4.66. The van der Waals surface area contributed by atoms with Crippen molar-refractivity contribution in [2.45, 2.75) is 6.92 Å². The lowest BCUT2D eigenvalue weighted by molar-refractivity contribution is 0.102. The van der Waals surface area contributed by atoms with Crippen LogP contribution in [0.2, 0.25) is 0 Å². The molecular weight excluding hydrogens is 294 g/mol. The first-order chi connectivity index (χ1) is 8.56. The molecule has 0 spiro atoms.